The van der Waals surface area contributed by atoms with Crippen LogP contribution in [0.1, 0.15) is 55.6 Å². The second kappa shape index (κ2) is 6.90. The zero-order chi connectivity index (χ0) is 19.1. The molecule has 1 aliphatic carbocycles. The zero-order valence-electron chi connectivity index (χ0n) is 15.9. The van der Waals surface area contributed by atoms with Crippen LogP contribution in [0.5, 0.6) is 0 Å². The third-order valence-electron chi connectivity index (χ3n) is 6.62. The summed E-state index contributed by atoms with van der Waals surface area (Å²) in [5, 5.41) is 12.6. The Kier molecular flexibility index (Phi) is 4.71. The first kappa shape index (κ1) is 18.4. The smallest absolute Gasteiger partial charge is 0.243 e. The number of amides is 2. The molecule has 0 radical (unpaired) electrons. The van der Waals surface area contributed by atoms with Gasteiger partial charge < -0.3 is 9.80 Å². The van der Waals surface area contributed by atoms with Crippen LogP contribution in [0.2, 0.25) is 0 Å². The number of thiazole rings is 1. The number of carbonyl (C=O) groups is 2. The van der Waals surface area contributed by atoms with Gasteiger partial charge in [0, 0.05) is 36.9 Å². The molecule has 2 aliphatic heterocycles. The van der Waals surface area contributed by atoms with E-state index >= 15 is 0 Å². The van der Waals surface area contributed by atoms with E-state index in [-0.39, 0.29) is 17.2 Å². The van der Waals surface area contributed by atoms with Gasteiger partial charge >= 0.3 is 0 Å². The van der Waals surface area contributed by atoms with Gasteiger partial charge in [0.1, 0.15) is 5.41 Å². The average molecular weight is 387 g/mol. The van der Waals surface area contributed by atoms with Crippen molar-refractivity contribution in [2.75, 3.05) is 19.6 Å². The van der Waals surface area contributed by atoms with Crippen molar-refractivity contribution < 1.29 is 9.59 Å². The second-order valence-electron chi connectivity index (χ2n) is 8.48. The number of nitrogens with zero attached hydrogens (tertiary/aromatic N) is 4. The largest absolute Gasteiger partial charge is 0.341 e. The number of hydrogen-bond acceptors (Lipinski definition) is 5. The third-order valence-corrected chi connectivity index (χ3v) is 7.44. The molecule has 144 valence electrons. The van der Waals surface area contributed by atoms with E-state index in [1.807, 2.05) is 22.1 Å². The van der Waals surface area contributed by atoms with Crippen LogP contribution in [0.25, 0.3) is 0 Å². The van der Waals surface area contributed by atoms with Crippen molar-refractivity contribution >= 4 is 23.2 Å². The van der Waals surface area contributed by atoms with E-state index in [4.69, 9.17) is 0 Å². The predicted molar refractivity (Wildman–Crippen MR) is 102 cm³/mol. The molecule has 7 heteroatoms. The molecule has 0 aromatic carbocycles. The number of aromatic nitrogens is 1. The standard InChI is InChI=1S/C20H26N4O2S/c1-15-22-16(12-27-15)11-24-14-19(10-17(24)25)6-8-23(9-7-19)18(26)20(13-21)4-2-3-5-20/h12H,2-11,14H2,1H3. The van der Waals surface area contributed by atoms with E-state index in [0.29, 0.717) is 38.9 Å². The minimum atomic E-state index is -0.787. The minimum Gasteiger partial charge on any atom is -0.341 e. The van der Waals surface area contributed by atoms with E-state index in [0.717, 1.165) is 42.9 Å². The fourth-order valence-corrected chi connectivity index (χ4v) is 5.58. The number of hydrogen-bond donors (Lipinski definition) is 0. The molecule has 0 atom stereocenters. The molecular formula is C20H26N4O2S. The van der Waals surface area contributed by atoms with Crippen LogP contribution >= 0.6 is 11.3 Å². The average Bonchev–Trinajstić information content (AvgIpc) is 3.37. The normalized spacial score (nSPS) is 23.8. The Labute approximate surface area is 164 Å². The second-order valence-corrected chi connectivity index (χ2v) is 9.54. The van der Waals surface area contributed by atoms with Crippen molar-refractivity contribution in [2.45, 2.75) is 58.4 Å². The lowest BCUT2D eigenvalue weighted by molar-refractivity contribution is -0.141. The summed E-state index contributed by atoms with van der Waals surface area (Å²) in [6.45, 7) is 4.66. The molecular weight excluding hydrogens is 360 g/mol. The van der Waals surface area contributed by atoms with Crippen LogP contribution < -0.4 is 0 Å². The fraction of sp³-hybridized carbons (Fsp3) is 0.700. The van der Waals surface area contributed by atoms with Crippen LogP contribution in [-0.2, 0) is 16.1 Å². The van der Waals surface area contributed by atoms with Gasteiger partial charge in [-0.3, -0.25) is 9.59 Å². The van der Waals surface area contributed by atoms with E-state index in [9.17, 15) is 14.9 Å². The summed E-state index contributed by atoms with van der Waals surface area (Å²) in [5.74, 6) is 0.223. The molecule has 0 N–H and O–H groups in total. The van der Waals surface area contributed by atoms with Gasteiger partial charge in [-0.2, -0.15) is 5.26 Å². The molecule has 1 aromatic rings. The predicted octanol–water partition coefficient (Wildman–Crippen LogP) is 2.88. The molecule has 3 heterocycles. The van der Waals surface area contributed by atoms with E-state index < -0.39 is 5.41 Å². The molecule has 1 spiro atoms. The number of likely N-dealkylation sites (tertiary alicyclic amines) is 2. The summed E-state index contributed by atoms with van der Waals surface area (Å²) in [6, 6.07) is 2.32. The number of carbonyl (C=O) groups excluding carboxylic acids is 2. The van der Waals surface area contributed by atoms with Gasteiger partial charge in [0.25, 0.3) is 0 Å². The lowest BCUT2D eigenvalue weighted by Gasteiger charge is -2.40. The van der Waals surface area contributed by atoms with Gasteiger partial charge in [-0.15, -0.1) is 11.3 Å². The first-order valence-electron chi connectivity index (χ1n) is 9.85. The van der Waals surface area contributed by atoms with Crippen LogP contribution in [0.15, 0.2) is 5.38 Å². The Hall–Kier alpha value is -1.94. The summed E-state index contributed by atoms with van der Waals surface area (Å²) in [5.41, 5.74) is 0.159. The van der Waals surface area contributed by atoms with Crippen LogP contribution in [-0.4, -0.2) is 46.2 Å². The molecule has 4 rings (SSSR count). The summed E-state index contributed by atoms with van der Waals surface area (Å²) in [4.78, 5) is 33.8. The SMILES string of the molecule is Cc1nc(CN2CC3(CCN(C(=O)C4(C#N)CCCC4)CC3)CC2=O)cs1. The Balaban J connectivity index is 1.38. The van der Waals surface area contributed by atoms with Crippen molar-refractivity contribution in [3.63, 3.8) is 0 Å². The maximum absolute atomic E-state index is 12.9. The van der Waals surface area contributed by atoms with Gasteiger partial charge in [-0.1, -0.05) is 12.8 Å². The maximum Gasteiger partial charge on any atom is 0.243 e. The highest BCUT2D eigenvalue weighted by Gasteiger charge is 2.49. The van der Waals surface area contributed by atoms with Gasteiger partial charge in [0.05, 0.1) is 23.3 Å². The lowest BCUT2D eigenvalue weighted by atomic mass is 9.76. The Morgan fingerprint density at radius 1 is 1.30 bits per heavy atom. The summed E-state index contributed by atoms with van der Waals surface area (Å²) < 4.78 is 0. The zero-order valence-corrected chi connectivity index (χ0v) is 16.7. The monoisotopic (exact) mass is 386 g/mol. The Bertz CT molecular complexity index is 782. The molecule has 27 heavy (non-hydrogen) atoms. The minimum absolute atomic E-state index is 0.0194. The van der Waals surface area contributed by atoms with Gasteiger partial charge in [-0.05, 0) is 32.6 Å². The summed E-state index contributed by atoms with van der Waals surface area (Å²) in [6.07, 6.45) is 5.60. The molecule has 2 amide bonds. The van der Waals surface area contributed by atoms with Crippen molar-refractivity contribution in [3.05, 3.63) is 16.1 Å². The van der Waals surface area contributed by atoms with E-state index in [1.165, 1.54) is 0 Å². The molecule has 3 fully saturated rings. The molecule has 3 aliphatic rings. The maximum atomic E-state index is 12.9. The first-order chi connectivity index (χ1) is 13.0. The topological polar surface area (TPSA) is 77.3 Å². The van der Waals surface area contributed by atoms with Gasteiger partial charge in [0.2, 0.25) is 11.8 Å². The highest BCUT2D eigenvalue weighted by atomic mass is 32.1. The van der Waals surface area contributed by atoms with Crippen molar-refractivity contribution in [2.24, 2.45) is 10.8 Å². The molecule has 2 saturated heterocycles. The number of rotatable bonds is 3. The van der Waals surface area contributed by atoms with Gasteiger partial charge in [0.15, 0.2) is 0 Å². The molecule has 6 nitrogen and oxygen atoms in total. The first-order valence-corrected chi connectivity index (χ1v) is 10.7. The number of nitriles is 1. The van der Waals surface area contributed by atoms with Crippen molar-refractivity contribution in [1.82, 2.24) is 14.8 Å². The Morgan fingerprint density at radius 2 is 2.00 bits per heavy atom. The number of piperidine rings is 1. The molecule has 1 aromatic heterocycles. The van der Waals surface area contributed by atoms with Crippen LogP contribution in [0, 0.1) is 29.1 Å². The quantitative estimate of drug-likeness (QED) is 0.800. The van der Waals surface area contributed by atoms with Crippen molar-refractivity contribution in [3.8, 4) is 6.07 Å². The van der Waals surface area contributed by atoms with Crippen LogP contribution in [0.4, 0.5) is 0 Å². The van der Waals surface area contributed by atoms with E-state index in [2.05, 4.69) is 11.1 Å². The summed E-state index contributed by atoms with van der Waals surface area (Å²) in [7, 11) is 0. The molecule has 0 unspecified atom stereocenters. The third kappa shape index (κ3) is 3.36. The highest BCUT2D eigenvalue weighted by molar-refractivity contribution is 7.09. The molecule has 1 saturated carbocycles. The molecule has 0 bridgehead atoms. The Morgan fingerprint density at radius 3 is 2.59 bits per heavy atom. The fourth-order valence-electron chi connectivity index (χ4n) is 4.98. The lowest BCUT2D eigenvalue weighted by Crippen LogP contribution is -2.49. The van der Waals surface area contributed by atoms with Crippen molar-refractivity contribution in [1.29, 1.82) is 5.26 Å². The van der Waals surface area contributed by atoms with E-state index in [1.54, 1.807) is 11.3 Å². The summed E-state index contributed by atoms with van der Waals surface area (Å²) >= 11 is 1.61. The highest BCUT2D eigenvalue weighted by Crippen LogP contribution is 2.44. The number of aryl methyl sites for hydroxylation is 1. The van der Waals surface area contributed by atoms with Crippen LogP contribution in [0.3, 0.4) is 0 Å². The van der Waals surface area contributed by atoms with Gasteiger partial charge in [-0.25, -0.2) is 4.98 Å².